The minimum atomic E-state index is -0.867. The van der Waals surface area contributed by atoms with Gasteiger partial charge in [0, 0.05) is 0 Å². The van der Waals surface area contributed by atoms with Crippen LogP contribution in [0.2, 0.25) is 0 Å². The lowest BCUT2D eigenvalue weighted by atomic mass is 9.82. The van der Waals surface area contributed by atoms with Gasteiger partial charge in [-0.25, -0.2) is 9.59 Å². The van der Waals surface area contributed by atoms with Crippen molar-refractivity contribution in [3.05, 3.63) is 95.9 Å². The van der Waals surface area contributed by atoms with E-state index in [1.54, 1.807) is 13.0 Å². The number of hydrogen-bond acceptors (Lipinski definition) is 7. The van der Waals surface area contributed by atoms with Crippen LogP contribution in [0.25, 0.3) is 17.5 Å². The third kappa shape index (κ3) is 5.34. The zero-order valence-corrected chi connectivity index (χ0v) is 23.9. The van der Waals surface area contributed by atoms with Gasteiger partial charge < -0.3 is 15.2 Å². The molecule has 8 heteroatoms. The molecule has 0 saturated heterocycles. The predicted molar refractivity (Wildman–Crippen MR) is 155 cm³/mol. The highest BCUT2D eigenvalue weighted by atomic mass is 32.1. The minimum Gasteiger partial charge on any atom is -0.466 e. The van der Waals surface area contributed by atoms with Crippen LogP contribution in [-0.4, -0.2) is 30.2 Å². The summed E-state index contributed by atoms with van der Waals surface area (Å²) in [6.45, 7) is 10.2. The molecule has 204 valence electrons. The molecular formula is C31H34N2O5S. The van der Waals surface area contributed by atoms with Crippen LogP contribution < -0.4 is 20.5 Å². The first kappa shape index (κ1) is 28.1. The quantitative estimate of drug-likeness (QED) is 0.453. The third-order valence-electron chi connectivity index (χ3n) is 6.89. The number of aromatic nitrogens is 1. The van der Waals surface area contributed by atoms with Crippen molar-refractivity contribution in [2.24, 2.45) is 5.73 Å². The second-order valence-corrected chi connectivity index (χ2v) is 11.1. The van der Waals surface area contributed by atoms with Crippen LogP contribution >= 0.6 is 11.3 Å². The second kappa shape index (κ2) is 11.5. The fraction of sp³-hybridized carbons (Fsp3) is 0.323. The summed E-state index contributed by atoms with van der Waals surface area (Å²) in [5.41, 5.74) is 10.2. The molecule has 0 spiro atoms. The Labute approximate surface area is 231 Å². The van der Waals surface area contributed by atoms with E-state index in [4.69, 9.17) is 15.2 Å². The monoisotopic (exact) mass is 546 g/mol. The molecule has 0 amide bonds. The van der Waals surface area contributed by atoms with Crippen LogP contribution in [0.3, 0.4) is 0 Å². The van der Waals surface area contributed by atoms with Crippen molar-refractivity contribution >= 4 is 40.7 Å². The maximum atomic E-state index is 13.7. The van der Waals surface area contributed by atoms with Crippen LogP contribution in [0.15, 0.2) is 58.9 Å². The smallest absolute Gasteiger partial charge is 0.338 e. The molecule has 2 heterocycles. The second-order valence-electron chi connectivity index (χ2n) is 10.1. The molecule has 0 radical (unpaired) electrons. The van der Waals surface area contributed by atoms with Gasteiger partial charge in [-0.3, -0.25) is 9.36 Å². The number of nitrogens with zero attached hydrogens (tertiary/aromatic N) is 1. The van der Waals surface area contributed by atoms with Crippen LogP contribution in [-0.2, 0) is 19.1 Å². The van der Waals surface area contributed by atoms with Gasteiger partial charge in [0.25, 0.3) is 5.56 Å². The topological polar surface area (TPSA) is 101 Å². The van der Waals surface area contributed by atoms with Gasteiger partial charge in [-0.05, 0) is 47.1 Å². The number of carbonyl (C=O) groups is 2. The predicted octanol–water partition coefficient (Wildman–Crippen LogP) is 3.80. The lowest BCUT2D eigenvalue weighted by molar-refractivity contribution is -0.138. The van der Waals surface area contributed by atoms with E-state index in [0.717, 1.165) is 22.5 Å². The van der Waals surface area contributed by atoms with Crippen molar-refractivity contribution in [3.8, 4) is 0 Å². The lowest BCUT2D eigenvalue weighted by Gasteiger charge is -2.27. The standard InChI is InChI=1S/C31H34N2O5S/c1-7-38-31(36)25-24(22-14-12-21(13-15-22)18(4)5)26(30(35)37-6)29-33(27(25)32)28(34)23(39-29)16-19-8-10-20(11-9-19)17(2)3/h8-18,24H,7,32H2,1-6H3. The Morgan fingerprint density at radius 1 is 0.949 bits per heavy atom. The molecule has 7 nitrogen and oxygen atoms in total. The molecular weight excluding hydrogens is 512 g/mol. The van der Waals surface area contributed by atoms with Gasteiger partial charge in [-0.2, -0.15) is 0 Å². The summed E-state index contributed by atoms with van der Waals surface area (Å²) in [7, 11) is 1.28. The van der Waals surface area contributed by atoms with E-state index >= 15 is 0 Å². The van der Waals surface area contributed by atoms with Crippen molar-refractivity contribution in [1.29, 1.82) is 0 Å². The van der Waals surface area contributed by atoms with E-state index in [-0.39, 0.29) is 23.6 Å². The number of hydrogen-bond donors (Lipinski definition) is 1. The number of esters is 2. The van der Waals surface area contributed by atoms with Gasteiger partial charge in [-0.1, -0.05) is 76.2 Å². The SMILES string of the molecule is CCOC(=O)C1=C(N)n2c(sc(=Cc3ccc(C(C)C)cc3)c2=O)=C(C(=O)OC)C1c1ccc(C(C)C)cc1. The molecule has 39 heavy (non-hydrogen) atoms. The summed E-state index contributed by atoms with van der Waals surface area (Å²) in [5, 5.41) is 0. The van der Waals surface area contributed by atoms with E-state index < -0.39 is 23.4 Å². The highest BCUT2D eigenvalue weighted by Crippen LogP contribution is 2.38. The van der Waals surface area contributed by atoms with E-state index in [1.807, 2.05) is 48.5 Å². The number of fused-ring (bicyclic) bond motifs is 1. The Bertz CT molecular complexity index is 1610. The van der Waals surface area contributed by atoms with Crippen molar-refractivity contribution in [1.82, 2.24) is 4.57 Å². The Hall–Kier alpha value is -3.91. The van der Waals surface area contributed by atoms with Crippen molar-refractivity contribution in [3.63, 3.8) is 0 Å². The Morgan fingerprint density at radius 2 is 1.51 bits per heavy atom. The minimum absolute atomic E-state index is 0.0368. The number of benzene rings is 2. The van der Waals surface area contributed by atoms with Gasteiger partial charge in [0.15, 0.2) is 0 Å². The maximum absolute atomic E-state index is 13.7. The van der Waals surface area contributed by atoms with E-state index in [2.05, 4.69) is 27.7 Å². The highest BCUT2D eigenvalue weighted by Gasteiger charge is 2.39. The summed E-state index contributed by atoms with van der Waals surface area (Å²) in [5.74, 6) is -1.57. The Balaban J connectivity index is 2.04. The number of ether oxygens (including phenoxy) is 2. The van der Waals surface area contributed by atoms with Gasteiger partial charge in [0.1, 0.15) is 10.5 Å². The summed E-state index contributed by atoms with van der Waals surface area (Å²) in [4.78, 5) is 40.3. The highest BCUT2D eigenvalue weighted by molar-refractivity contribution is 7.07. The maximum Gasteiger partial charge on any atom is 0.338 e. The van der Waals surface area contributed by atoms with Gasteiger partial charge in [0.2, 0.25) is 0 Å². The molecule has 1 aromatic heterocycles. The first-order chi connectivity index (χ1) is 18.6. The Morgan fingerprint density at radius 3 is 2.03 bits per heavy atom. The molecule has 0 aliphatic carbocycles. The first-order valence-electron chi connectivity index (χ1n) is 13.0. The van der Waals surface area contributed by atoms with Gasteiger partial charge in [-0.15, -0.1) is 11.3 Å². The summed E-state index contributed by atoms with van der Waals surface area (Å²) < 4.78 is 12.5. The van der Waals surface area contributed by atoms with E-state index in [9.17, 15) is 14.4 Å². The van der Waals surface area contributed by atoms with Crippen LogP contribution in [0, 0.1) is 0 Å². The fourth-order valence-corrected chi connectivity index (χ4v) is 5.86. The normalized spacial score (nSPS) is 15.6. The number of rotatable bonds is 7. The first-order valence-corrected chi connectivity index (χ1v) is 13.8. The molecule has 1 aliphatic rings. The molecule has 0 bridgehead atoms. The number of carbonyl (C=O) groups excluding carboxylic acids is 2. The molecule has 1 atom stereocenters. The average molecular weight is 547 g/mol. The Kier molecular flexibility index (Phi) is 8.25. The van der Waals surface area contributed by atoms with Crippen molar-refractivity contribution in [2.75, 3.05) is 13.7 Å². The van der Waals surface area contributed by atoms with E-state index in [0.29, 0.717) is 26.6 Å². The van der Waals surface area contributed by atoms with Gasteiger partial charge in [0.05, 0.1) is 35.3 Å². The zero-order chi connectivity index (χ0) is 28.4. The molecule has 1 unspecified atom stereocenters. The van der Waals surface area contributed by atoms with E-state index in [1.165, 1.54) is 17.2 Å². The average Bonchev–Trinajstić information content (AvgIpc) is 3.24. The van der Waals surface area contributed by atoms with Crippen molar-refractivity contribution in [2.45, 2.75) is 52.4 Å². The molecule has 0 fully saturated rings. The summed E-state index contributed by atoms with van der Waals surface area (Å²) in [6.07, 6.45) is 1.76. The summed E-state index contributed by atoms with van der Waals surface area (Å²) in [6, 6.07) is 15.6. The van der Waals surface area contributed by atoms with Crippen LogP contribution in [0.4, 0.5) is 0 Å². The van der Waals surface area contributed by atoms with Crippen molar-refractivity contribution < 1.29 is 19.1 Å². The number of nitrogens with two attached hydrogens (primary N) is 1. The number of methoxy groups -OCH3 is 1. The molecule has 4 rings (SSSR count). The molecule has 2 N–H and O–H groups in total. The molecule has 2 aromatic carbocycles. The summed E-state index contributed by atoms with van der Waals surface area (Å²) >= 11 is 1.15. The fourth-order valence-electron chi connectivity index (χ4n) is 4.70. The largest absolute Gasteiger partial charge is 0.466 e. The van der Waals surface area contributed by atoms with Gasteiger partial charge >= 0.3 is 11.9 Å². The lowest BCUT2D eigenvalue weighted by Crippen LogP contribution is -2.41. The third-order valence-corrected chi connectivity index (χ3v) is 7.99. The number of thiazole rings is 1. The molecule has 0 saturated carbocycles. The molecule has 1 aliphatic heterocycles. The van der Waals surface area contributed by atoms with Crippen LogP contribution in [0.1, 0.15) is 74.6 Å². The van der Waals surface area contributed by atoms with Crippen LogP contribution in [0.5, 0.6) is 0 Å². The molecule has 3 aromatic rings. The zero-order valence-electron chi connectivity index (χ0n) is 23.1.